The van der Waals surface area contributed by atoms with E-state index in [0.29, 0.717) is 45.6 Å². The molecule has 0 spiro atoms. The Balaban J connectivity index is 2.38. The summed E-state index contributed by atoms with van der Waals surface area (Å²) in [5, 5.41) is -0.283. The van der Waals surface area contributed by atoms with Gasteiger partial charge in [-0.05, 0) is 25.8 Å². The van der Waals surface area contributed by atoms with Crippen molar-refractivity contribution in [1.29, 1.82) is 0 Å². The first-order valence-corrected chi connectivity index (χ1v) is 6.48. The third-order valence-corrected chi connectivity index (χ3v) is 4.25. The maximum Gasteiger partial charge on any atom is 0.214 e. The predicted molar refractivity (Wildman–Crippen MR) is 54.4 cm³/mol. The summed E-state index contributed by atoms with van der Waals surface area (Å²) in [7, 11) is -3.14. The van der Waals surface area contributed by atoms with Crippen molar-refractivity contribution in [3.05, 3.63) is 0 Å². The Morgan fingerprint density at radius 1 is 1.36 bits per heavy atom. The normalized spacial score (nSPS) is 19.8. The van der Waals surface area contributed by atoms with E-state index in [2.05, 4.69) is 4.72 Å². The van der Waals surface area contributed by atoms with Gasteiger partial charge < -0.3 is 10.5 Å². The molecule has 1 aliphatic heterocycles. The van der Waals surface area contributed by atoms with Gasteiger partial charge in [-0.3, -0.25) is 0 Å². The standard InChI is InChI=1S/C8H18N2O3S/c9-4-1-5-10-14(11,12)8-2-6-13-7-3-8/h8,10H,1-7,9H2. The molecule has 0 radical (unpaired) electrons. The fourth-order valence-corrected chi connectivity index (χ4v) is 2.90. The minimum absolute atomic E-state index is 0.283. The van der Waals surface area contributed by atoms with Gasteiger partial charge in [-0.15, -0.1) is 0 Å². The van der Waals surface area contributed by atoms with Crippen molar-refractivity contribution in [1.82, 2.24) is 4.72 Å². The molecular formula is C8H18N2O3S. The average Bonchev–Trinajstić information content (AvgIpc) is 2.19. The molecule has 1 fully saturated rings. The predicted octanol–water partition coefficient (Wildman–Crippen LogP) is -0.566. The molecule has 0 saturated carbocycles. The lowest BCUT2D eigenvalue weighted by Gasteiger charge is -2.22. The van der Waals surface area contributed by atoms with Crippen molar-refractivity contribution in [2.24, 2.45) is 5.73 Å². The molecule has 1 aliphatic rings. The van der Waals surface area contributed by atoms with Gasteiger partial charge in [-0.1, -0.05) is 0 Å². The largest absolute Gasteiger partial charge is 0.381 e. The first-order chi connectivity index (χ1) is 6.67. The molecule has 0 atom stereocenters. The van der Waals surface area contributed by atoms with E-state index in [4.69, 9.17) is 10.5 Å². The van der Waals surface area contributed by atoms with Gasteiger partial charge in [0.2, 0.25) is 10.0 Å². The molecular weight excluding hydrogens is 204 g/mol. The summed E-state index contributed by atoms with van der Waals surface area (Å²) in [6.07, 6.45) is 1.87. The van der Waals surface area contributed by atoms with E-state index >= 15 is 0 Å². The SMILES string of the molecule is NCCCNS(=O)(=O)C1CCOCC1. The highest BCUT2D eigenvalue weighted by atomic mass is 32.2. The highest BCUT2D eigenvalue weighted by molar-refractivity contribution is 7.90. The number of nitrogens with two attached hydrogens (primary N) is 1. The highest BCUT2D eigenvalue weighted by Crippen LogP contribution is 2.14. The lowest BCUT2D eigenvalue weighted by Crippen LogP contribution is -2.38. The molecule has 3 N–H and O–H groups in total. The molecule has 5 nitrogen and oxygen atoms in total. The molecule has 6 heteroatoms. The number of sulfonamides is 1. The van der Waals surface area contributed by atoms with Crippen molar-refractivity contribution in [3.8, 4) is 0 Å². The average molecular weight is 222 g/mol. The lowest BCUT2D eigenvalue weighted by atomic mass is 10.2. The lowest BCUT2D eigenvalue weighted by molar-refractivity contribution is 0.0981. The Morgan fingerprint density at radius 3 is 2.57 bits per heavy atom. The van der Waals surface area contributed by atoms with Gasteiger partial charge in [0.25, 0.3) is 0 Å². The van der Waals surface area contributed by atoms with Crippen molar-refractivity contribution in [2.45, 2.75) is 24.5 Å². The van der Waals surface area contributed by atoms with Crippen LogP contribution in [0.25, 0.3) is 0 Å². The van der Waals surface area contributed by atoms with Crippen LogP contribution >= 0.6 is 0 Å². The molecule has 0 bridgehead atoms. The third kappa shape index (κ3) is 3.53. The molecule has 1 saturated heterocycles. The zero-order valence-electron chi connectivity index (χ0n) is 8.24. The van der Waals surface area contributed by atoms with Crippen LogP contribution in [0.4, 0.5) is 0 Å². The number of rotatable bonds is 5. The van der Waals surface area contributed by atoms with E-state index in [1.165, 1.54) is 0 Å². The van der Waals surface area contributed by atoms with Gasteiger partial charge in [-0.25, -0.2) is 13.1 Å². The summed E-state index contributed by atoms with van der Waals surface area (Å²) in [6.45, 7) is 2.04. The summed E-state index contributed by atoms with van der Waals surface area (Å²) >= 11 is 0. The first kappa shape index (κ1) is 11.9. The minimum Gasteiger partial charge on any atom is -0.381 e. The number of nitrogens with one attached hydrogen (secondary N) is 1. The molecule has 0 amide bonds. The van der Waals surface area contributed by atoms with E-state index < -0.39 is 10.0 Å². The molecule has 84 valence electrons. The van der Waals surface area contributed by atoms with Crippen LogP contribution in [-0.2, 0) is 14.8 Å². The van der Waals surface area contributed by atoms with Gasteiger partial charge in [0.15, 0.2) is 0 Å². The summed E-state index contributed by atoms with van der Waals surface area (Å²) in [6, 6.07) is 0. The fraction of sp³-hybridized carbons (Fsp3) is 1.00. The fourth-order valence-electron chi connectivity index (χ4n) is 1.42. The second-order valence-corrected chi connectivity index (χ2v) is 5.44. The van der Waals surface area contributed by atoms with E-state index in [-0.39, 0.29) is 5.25 Å². The topological polar surface area (TPSA) is 81.4 Å². The Bertz CT molecular complexity index is 247. The van der Waals surface area contributed by atoms with Crippen molar-refractivity contribution < 1.29 is 13.2 Å². The Kier molecular flexibility index (Phi) is 4.80. The van der Waals surface area contributed by atoms with Gasteiger partial charge in [0, 0.05) is 19.8 Å². The molecule has 0 aromatic carbocycles. The second kappa shape index (κ2) is 5.65. The summed E-state index contributed by atoms with van der Waals surface area (Å²) in [5.74, 6) is 0. The summed E-state index contributed by atoms with van der Waals surface area (Å²) < 4.78 is 31.0. The molecule has 0 aromatic heterocycles. The molecule has 0 unspecified atom stereocenters. The zero-order valence-corrected chi connectivity index (χ0v) is 9.05. The number of ether oxygens (including phenoxy) is 1. The monoisotopic (exact) mass is 222 g/mol. The first-order valence-electron chi connectivity index (χ1n) is 4.93. The van der Waals surface area contributed by atoms with Crippen LogP contribution in [0.1, 0.15) is 19.3 Å². The minimum atomic E-state index is -3.14. The van der Waals surface area contributed by atoms with Gasteiger partial charge >= 0.3 is 0 Å². The van der Waals surface area contributed by atoms with Gasteiger partial charge in [0.1, 0.15) is 0 Å². The van der Waals surface area contributed by atoms with Crippen LogP contribution in [-0.4, -0.2) is 40.0 Å². The molecule has 1 rings (SSSR count). The van der Waals surface area contributed by atoms with Crippen LogP contribution in [0.5, 0.6) is 0 Å². The van der Waals surface area contributed by atoms with Crippen molar-refractivity contribution in [3.63, 3.8) is 0 Å². The van der Waals surface area contributed by atoms with Crippen molar-refractivity contribution >= 4 is 10.0 Å². The Hall–Kier alpha value is -0.170. The molecule has 0 aliphatic carbocycles. The summed E-state index contributed by atoms with van der Waals surface area (Å²) in [5.41, 5.74) is 5.28. The Morgan fingerprint density at radius 2 is 2.00 bits per heavy atom. The summed E-state index contributed by atoms with van der Waals surface area (Å²) in [4.78, 5) is 0. The maximum absolute atomic E-state index is 11.7. The van der Waals surface area contributed by atoms with Gasteiger partial charge in [-0.2, -0.15) is 0 Å². The zero-order chi connectivity index (χ0) is 10.4. The second-order valence-electron chi connectivity index (χ2n) is 3.39. The number of hydrogen-bond acceptors (Lipinski definition) is 4. The van der Waals surface area contributed by atoms with Crippen molar-refractivity contribution in [2.75, 3.05) is 26.3 Å². The van der Waals surface area contributed by atoms with Crippen LogP contribution in [0.2, 0.25) is 0 Å². The van der Waals surface area contributed by atoms with E-state index in [9.17, 15) is 8.42 Å². The quantitative estimate of drug-likeness (QED) is 0.611. The molecule has 0 aromatic rings. The molecule has 14 heavy (non-hydrogen) atoms. The van der Waals surface area contributed by atoms with Crippen LogP contribution in [0.3, 0.4) is 0 Å². The van der Waals surface area contributed by atoms with Crippen LogP contribution in [0.15, 0.2) is 0 Å². The maximum atomic E-state index is 11.7. The van der Waals surface area contributed by atoms with E-state index in [1.807, 2.05) is 0 Å². The van der Waals surface area contributed by atoms with E-state index in [1.54, 1.807) is 0 Å². The van der Waals surface area contributed by atoms with Crippen LogP contribution < -0.4 is 10.5 Å². The Labute approximate surface area is 85.1 Å². The van der Waals surface area contributed by atoms with Crippen LogP contribution in [0, 0.1) is 0 Å². The van der Waals surface area contributed by atoms with E-state index in [0.717, 1.165) is 0 Å². The number of hydrogen-bond donors (Lipinski definition) is 2. The molecule has 1 heterocycles. The highest BCUT2D eigenvalue weighted by Gasteiger charge is 2.26. The third-order valence-electron chi connectivity index (χ3n) is 2.29. The smallest absolute Gasteiger partial charge is 0.214 e. The van der Waals surface area contributed by atoms with Gasteiger partial charge in [0.05, 0.1) is 5.25 Å².